The molecule has 1 unspecified atom stereocenters. The minimum atomic E-state index is -0.645. The van der Waals surface area contributed by atoms with Crippen LogP contribution in [0.15, 0.2) is 24.3 Å². The number of rotatable bonds is 3. The lowest BCUT2D eigenvalue weighted by molar-refractivity contribution is -0.135. The number of Topliss-reactive ketones (excluding diaryl/α,β-unsaturated/α-hetero) is 2. The summed E-state index contributed by atoms with van der Waals surface area (Å²) in [7, 11) is 0. The SMILES string of the molecule is CC(=O)C(=O)C(Br)c1ccccc1Cl. The summed E-state index contributed by atoms with van der Waals surface area (Å²) in [6.07, 6.45) is 0. The molecule has 1 aromatic rings. The zero-order chi connectivity index (χ0) is 10.7. The Labute approximate surface area is 95.4 Å². The van der Waals surface area contributed by atoms with Crippen LogP contribution in [0.1, 0.15) is 17.3 Å². The standard InChI is InChI=1S/C10H8BrClO2/c1-6(13)10(14)9(11)7-4-2-3-5-8(7)12/h2-5,9H,1H3. The van der Waals surface area contributed by atoms with E-state index >= 15 is 0 Å². The van der Waals surface area contributed by atoms with Gasteiger partial charge in [0.15, 0.2) is 5.78 Å². The third-order valence-corrected chi connectivity index (χ3v) is 3.01. The molecule has 0 heterocycles. The summed E-state index contributed by atoms with van der Waals surface area (Å²) in [5.41, 5.74) is 0.620. The van der Waals surface area contributed by atoms with Gasteiger partial charge < -0.3 is 0 Å². The van der Waals surface area contributed by atoms with E-state index in [9.17, 15) is 9.59 Å². The molecule has 0 aliphatic rings. The Morgan fingerprint density at radius 2 is 1.93 bits per heavy atom. The third kappa shape index (κ3) is 2.42. The molecule has 0 spiro atoms. The summed E-state index contributed by atoms with van der Waals surface area (Å²) in [5, 5.41) is 0.476. The van der Waals surface area contributed by atoms with Crippen molar-refractivity contribution in [1.82, 2.24) is 0 Å². The van der Waals surface area contributed by atoms with Gasteiger partial charge >= 0.3 is 0 Å². The number of ketones is 2. The molecule has 74 valence electrons. The summed E-state index contributed by atoms with van der Waals surface area (Å²) in [4.78, 5) is 21.5. The number of hydrogen-bond donors (Lipinski definition) is 0. The number of carbonyl (C=O) groups excluding carboxylic acids is 2. The summed E-state index contributed by atoms with van der Waals surface area (Å²) < 4.78 is 0. The normalized spacial score (nSPS) is 12.2. The highest BCUT2D eigenvalue weighted by Gasteiger charge is 2.22. The van der Waals surface area contributed by atoms with Gasteiger partial charge in [-0.2, -0.15) is 0 Å². The van der Waals surface area contributed by atoms with Crippen molar-refractivity contribution < 1.29 is 9.59 Å². The van der Waals surface area contributed by atoms with Gasteiger partial charge in [0.2, 0.25) is 5.78 Å². The highest BCUT2D eigenvalue weighted by atomic mass is 79.9. The topological polar surface area (TPSA) is 34.1 Å². The fourth-order valence-electron chi connectivity index (χ4n) is 1.00. The highest BCUT2D eigenvalue weighted by molar-refractivity contribution is 9.09. The maximum Gasteiger partial charge on any atom is 0.216 e. The van der Waals surface area contributed by atoms with Crippen molar-refractivity contribution in [3.05, 3.63) is 34.9 Å². The third-order valence-electron chi connectivity index (χ3n) is 1.76. The molecule has 0 radical (unpaired) electrons. The molecular formula is C10H8BrClO2. The molecule has 0 saturated heterocycles. The van der Waals surface area contributed by atoms with Crippen LogP contribution >= 0.6 is 27.5 Å². The first-order chi connectivity index (χ1) is 6.54. The second-order valence-corrected chi connectivity index (χ2v) is 4.13. The Morgan fingerprint density at radius 1 is 1.36 bits per heavy atom. The van der Waals surface area contributed by atoms with Crippen LogP contribution < -0.4 is 0 Å². The smallest absolute Gasteiger partial charge is 0.216 e. The van der Waals surface area contributed by atoms with Crippen LogP contribution in [0.4, 0.5) is 0 Å². The first kappa shape index (κ1) is 11.4. The van der Waals surface area contributed by atoms with Gasteiger partial charge in [0.25, 0.3) is 0 Å². The van der Waals surface area contributed by atoms with Gasteiger partial charge in [-0.3, -0.25) is 9.59 Å². The molecule has 14 heavy (non-hydrogen) atoms. The Kier molecular flexibility index (Phi) is 3.84. The number of benzene rings is 1. The van der Waals surface area contributed by atoms with Crippen molar-refractivity contribution in [2.24, 2.45) is 0 Å². The van der Waals surface area contributed by atoms with Crippen molar-refractivity contribution in [3.63, 3.8) is 0 Å². The number of halogens is 2. The maximum absolute atomic E-state index is 11.3. The Bertz CT molecular complexity index is 376. The molecular weight excluding hydrogens is 267 g/mol. The van der Waals surface area contributed by atoms with E-state index in [1.54, 1.807) is 24.3 Å². The number of carbonyl (C=O) groups is 2. The van der Waals surface area contributed by atoms with Gasteiger partial charge in [-0.25, -0.2) is 0 Å². The molecule has 0 bridgehead atoms. The van der Waals surface area contributed by atoms with E-state index in [0.29, 0.717) is 10.6 Å². The Hall–Kier alpha value is -0.670. The lowest BCUT2D eigenvalue weighted by Crippen LogP contribution is -2.15. The Morgan fingerprint density at radius 3 is 2.43 bits per heavy atom. The molecule has 4 heteroatoms. The van der Waals surface area contributed by atoms with Gasteiger partial charge in [-0.1, -0.05) is 45.7 Å². The van der Waals surface area contributed by atoms with E-state index < -0.39 is 16.4 Å². The summed E-state index contributed by atoms with van der Waals surface area (Å²) >= 11 is 9.02. The fraction of sp³-hybridized carbons (Fsp3) is 0.200. The van der Waals surface area contributed by atoms with E-state index in [2.05, 4.69) is 15.9 Å². The molecule has 0 N–H and O–H groups in total. The molecule has 2 nitrogen and oxygen atoms in total. The van der Waals surface area contributed by atoms with Crippen LogP contribution in [-0.2, 0) is 9.59 Å². The lowest BCUT2D eigenvalue weighted by Gasteiger charge is -2.08. The van der Waals surface area contributed by atoms with Crippen LogP contribution in [0.5, 0.6) is 0 Å². The fourth-order valence-corrected chi connectivity index (χ4v) is 2.10. The van der Waals surface area contributed by atoms with Crippen molar-refractivity contribution >= 4 is 39.1 Å². The molecule has 1 rings (SSSR count). The second kappa shape index (κ2) is 4.71. The van der Waals surface area contributed by atoms with Crippen LogP contribution in [0.2, 0.25) is 5.02 Å². The monoisotopic (exact) mass is 274 g/mol. The molecule has 0 aliphatic heterocycles. The first-order valence-corrected chi connectivity index (χ1v) is 5.26. The van der Waals surface area contributed by atoms with Gasteiger partial charge in [-0.05, 0) is 11.6 Å². The predicted molar refractivity (Wildman–Crippen MR) is 58.8 cm³/mol. The van der Waals surface area contributed by atoms with Crippen molar-refractivity contribution in [1.29, 1.82) is 0 Å². The molecule has 1 atom stereocenters. The minimum Gasteiger partial charge on any atom is -0.291 e. The summed E-state index contributed by atoms with van der Waals surface area (Å²) in [6.45, 7) is 1.24. The van der Waals surface area contributed by atoms with Gasteiger partial charge in [0, 0.05) is 11.9 Å². The summed E-state index contributed by atoms with van der Waals surface area (Å²) in [5.74, 6) is -0.968. The van der Waals surface area contributed by atoms with Gasteiger partial charge in [0.05, 0.1) is 0 Å². The minimum absolute atomic E-state index is 0.476. The van der Waals surface area contributed by atoms with Gasteiger partial charge in [0.1, 0.15) is 4.83 Å². The number of alkyl halides is 1. The van der Waals surface area contributed by atoms with Crippen molar-refractivity contribution in [2.75, 3.05) is 0 Å². The number of hydrogen-bond acceptors (Lipinski definition) is 2. The van der Waals surface area contributed by atoms with E-state index in [1.165, 1.54) is 6.92 Å². The first-order valence-electron chi connectivity index (χ1n) is 3.97. The van der Waals surface area contributed by atoms with Gasteiger partial charge in [-0.15, -0.1) is 0 Å². The molecule has 0 saturated carbocycles. The second-order valence-electron chi connectivity index (χ2n) is 2.80. The quantitative estimate of drug-likeness (QED) is 0.628. The average Bonchev–Trinajstić information content (AvgIpc) is 2.16. The summed E-state index contributed by atoms with van der Waals surface area (Å²) in [6, 6.07) is 6.92. The van der Waals surface area contributed by atoms with Crippen molar-refractivity contribution in [3.8, 4) is 0 Å². The van der Waals surface area contributed by atoms with Crippen LogP contribution in [-0.4, -0.2) is 11.6 Å². The van der Waals surface area contributed by atoms with E-state index in [0.717, 1.165) is 0 Å². The van der Waals surface area contributed by atoms with E-state index in [1.807, 2.05) is 0 Å². The highest BCUT2D eigenvalue weighted by Crippen LogP contribution is 2.29. The molecule has 0 amide bonds. The molecule has 0 aliphatic carbocycles. The van der Waals surface area contributed by atoms with Crippen LogP contribution in [0, 0.1) is 0 Å². The largest absolute Gasteiger partial charge is 0.291 e. The molecule has 1 aromatic carbocycles. The van der Waals surface area contributed by atoms with Crippen LogP contribution in [0.3, 0.4) is 0 Å². The zero-order valence-corrected chi connectivity index (χ0v) is 9.80. The van der Waals surface area contributed by atoms with Crippen molar-refractivity contribution in [2.45, 2.75) is 11.8 Å². The molecule has 0 fully saturated rings. The zero-order valence-electron chi connectivity index (χ0n) is 7.46. The van der Waals surface area contributed by atoms with E-state index in [4.69, 9.17) is 11.6 Å². The lowest BCUT2D eigenvalue weighted by atomic mass is 10.1. The molecule has 0 aromatic heterocycles. The van der Waals surface area contributed by atoms with E-state index in [-0.39, 0.29) is 0 Å². The maximum atomic E-state index is 11.3. The van der Waals surface area contributed by atoms with Crippen LogP contribution in [0.25, 0.3) is 0 Å². The Balaban J connectivity index is 3.01. The average molecular weight is 276 g/mol. The predicted octanol–water partition coefficient (Wildman–Crippen LogP) is 2.93.